The second kappa shape index (κ2) is 11.1. The summed E-state index contributed by atoms with van der Waals surface area (Å²) in [7, 11) is 0. The third-order valence-corrected chi connectivity index (χ3v) is 11.2. The lowest BCUT2D eigenvalue weighted by molar-refractivity contribution is 0.996. The summed E-state index contributed by atoms with van der Waals surface area (Å²) in [6.45, 7) is 0. The molecule has 0 aliphatic carbocycles. The highest BCUT2D eigenvalue weighted by Gasteiger charge is 2.23. The lowest BCUT2D eigenvalue weighted by atomic mass is 9.92. The van der Waals surface area contributed by atoms with Crippen LogP contribution in [0.5, 0.6) is 0 Å². The molecule has 3 aromatic heterocycles. The van der Waals surface area contributed by atoms with Gasteiger partial charge in [-0.15, -0.1) is 0 Å². The number of aromatic nitrogens is 4. The molecule has 0 amide bonds. The topological polar surface area (TPSA) is 35.6 Å². The first-order chi connectivity index (χ1) is 26.8. The van der Waals surface area contributed by atoms with Gasteiger partial charge < -0.3 is 4.57 Å². The molecule has 250 valence electrons. The molecule has 54 heavy (non-hydrogen) atoms. The third kappa shape index (κ3) is 4.13. The number of hydrogen-bond donors (Lipinski definition) is 0. The summed E-state index contributed by atoms with van der Waals surface area (Å²) in [6, 6.07) is 65.3. The Morgan fingerprint density at radius 3 is 1.57 bits per heavy atom. The highest BCUT2D eigenvalue weighted by atomic mass is 15.2. The third-order valence-electron chi connectivity index (χ3n) is 11.2. The molecule has 0 radical (unpaired) electrons. The molecule has 0 atom stereocenters. The highest BCUT2D eigenvalue weighted by Crippen LogP contribution is 2.45. The summed E-state index contributed by atoms with van der Waals surface area (Å²) >= 11 is 0. The number of hydrogen-bond acceptors (Lipinski definition) is 2. The van der Waals surface area contributed by atoms with Gasteiger partial charge in [-0.3, -0.25) is 4.57 Å². The van der Waals surface area contributed by atoms with Crippen molar-refractivity contribution < 1.29 is 0 Å². The summed E-state index contributed by atoms with van der Waals surface area (Å²) < 4.78 is 4.69. The zero-order valence-electron chi connectivity index (χ0n) is 29.1. The Bertz CT molecular complexity index is 3300. The van der Waals surface area contributed by atoms with Crippen molar-refractivity contribution in [2.45, 2.75) is 0 Å². The van der Waals surface area contributed by atoms with Crippen molar-refractivity contribution in [3.05, 3.63) is 182 Å². The second-order valence-corrected chi connectivity index (χ2v) is 14.2. The van der Waals surface area contributed by atoms with Crippen LogP contribution in [0.1, 0.15) is 0 Å². The van der Waals surface area contributed by atoms with Gasteiger partial charge in [-0.2, -0.15) is 0 Å². The van der Waals surface area contributed by atoms with Crippen LogP contribution >= 0.6 is 0 Å². The van der Waals surface area contributed by atoms with Crippen LogP contribution in [0, 0.1) is 0 Å². The quantitative estimate of drug-likeness (QED) is 0.169. The molecule has 0 N–H and O–H groups in total. The summed E-state index contributed by atoms with van der Waals surface area (Å²) in [4.78, 5) is 10.5. The molecule has 12 aromatic rings. The van der Waals surface area contributed by atoms with Crippen LogP contribution in [0.2, 0.25) is 0 Å². The standard InChI is InChI=1S/C50H30N4/c1-4-12-31(13-5-1)40-30-41(32-14-6-2-7-15-32)52-50(51-40)54-43-21-11-17-34-24-25-39-38(26-27-44(54)49(39)47(34)43)36-28-35-23-22-33-16-10-20-42-46(33)48(35)45(29-36)53(42)37-18-8-3-9-19-37/h1-30H. The lowest BCUT2D eigenvalue weighted by Crippen LogP contribution is -2.04. The zero-order valence-corrected chi connectivity index (χ0v) is 29.1. The maximum atomic E-state index is 5.27. The highest BCUT2D eigenvalue weighted by molar-refractivity contribution is 6.28. The number of benzene rings is 9. The molecule has 0 saturated heterocycles. The smallest absolute Gasteiger partial charge is 0.235 e. The van der Waals surface area contributed by atoms with Gasteiger partial charge in [0.25, 0.3) is 0 Å². The first-order valence-electron chi connectivity index (χ1n) is 18.4. The second-order valence-electron chi connectivity index (χ2n) is 14.2. The maximum absolute atomic E-state index is 5.27. The fraction of sp³-hybridized carbons (Fsp3) is 0. The van der Waals surface area contributed by atoms with Crippen molar-refractivity contribution in [3.63, 3.8) is 0 Å². The van der Waals surface area contributed by atoms with Gasteiger partial charge in [0.05, 0.1) is 33.5 Å². The Hall–Kier alpha value is -7.30. The van der Waals surface area contributed by atoms with Crippen LogP contribution in [-0.2, 0) is 0 Å². The summed E-state index contributed by atoms with van der Waals surface area (Å²) in [5.74, 6) is 0.659. The molecule has 0 saturated carbocycles. The molecule has 4 heteroatoms. The minimum absolute atomic E-state index is 0.659. The van der Waals surface area contributed by atoms with Crippen molar-refractivity contribution in [3.8, 4) is 45.3 Å². The first-order valence-corrected chi connectivity index (χ1v) is 18.4. The molecule has 3 heterocycles. The van der Waals surface area contributed by atoms with Gasteiger partial charge in [-0.1, -0.05) is 133 Å². The number of nitrogens with zero attached hydrogens (tertiary/aromatic N) is 4. The molecule has 0 bridgehead atoms. The Morgan fingerprint density at radius 1 is 0.333 bits per heavy atom. The van der Waals surface area contributed by atoms with Crippen molar-refractivity contribution in [1.82, 2.24) is 19.1 Å². The summed E-state index contributed by atoms with van der Waals surface area (Å²) in [6.07, 6.45) is 0. The molecule has 0 unspecified atom stereocenters. The lowest BCUT2D eigenvalue weighted by Gasteiger charge is -2.13. The van der Waals surface area contributed by atoms with Crippen molar-refractivity contribution in [2.75, 3.05) is 0 Å². The van der Waals surface area contributed by atoms with Crippen LogP contribution in [-0.4, -0.2) is 19.1 Å². The van der Waals surface area contributed by atoms with E-state index < -0.39 is 0 Å². The maximum Gasteiger partial charge on any atom is 0.235 e. The van der Waals surface area contributed by atoms with Gasteiger partial charge in [-0.25, -0.2) is 9.97 Å². The SMILES string of the molecule is c1ccc(-c2cc(-c3ccccc3)nc(-n3c4cccc5ccc6c(-c7cc8ccc9cccc%10c9c8c(c7)n%10-c7ccccc7)ccc3c6c54)n2)cc1. The van der Waals surface area contributed by atoms with E-state index in [2.05, 4.69) is 179 Å². The van der Waals surface area contributed by atoms with Gasteiger partial charge in [0, 0.05) is 38.4 Å². The van der Waals surface area contributed by atoms with Crippen molar-refractivity contribution in [2.24, 2.45) is 0 Å². The average molecular weight is 687 g/mol. The van der Waals surface area contributed by atoms with Gasteiger partial charge in [-0.05, 0) is 81.2 Å². The molecule has 4 nitrogen and oxygen atoms in total. The van der Waals surface area contributed by atoms with Crippen LogP contribution in [0.3, 0.4) is 0 Å². The van der Waals surface area contributed by atoms with Crippen LogP contribution in [0.25, 0.3) is 110 Å². The Kier molecular flexibility index (Phi) is 6.02. The van der Waals surface area contributed by atoms with Gasteiger partial charge in [0.2, 0.25) is 5.95 Å². The predicted molar refractivity (Wildman–Crippen MR) is 224 cm³/mol. The van der Waals surface area contributed by atoms with E-state index in [0.717, 1.165) is 39.2 Å². The summed E-state index contributed by atoms with van der Waals surface area (Å²) in [5, 5.41) is 10.0. The average Bonchev–Trinajstić information content (AvgIpc) is 3.77. The molecular formula is C50H30N4. The van der Waals surface area contributed by atoms with E-state index in [4.69, 9.17) is 9.97 Å². The van der Waals surface area contributed by atoms with E-state index in [9.17, 15) is 0 Å². The molecule has 12 rings (SSSR count). The predicted octanol–water partition coefficient (Wildman–Crippen LogP) is 12.9. The normalized spacial score (nSPS) is 12.1. The Morgan fingerprint density at radius 2 is 0.889 bits per heavy atom. The first kappa shape index (κ1) is 29.3. The number of rotatable bonds is 5. The van der Waals surface area contributed by atoms with E-state index in [1.165, 1.54) is 65.3 Å². The van der Waals surface area contributed by atoms with E-state index in [1.807, 2.05) is 12.1 Å². The number of para-hydroxylation sites is 1. The van der Waals surface area contributed by atoms with Gasteiger partial charge >= 0.3 is 0 Å². The molecule has 0 aliphatic rings. The minimum atomic E-state index is 0.659. The van der Waals surface area contributed by atoms with Gasteiger partial charge in [0.15, 0.2) is 0 Å². The Labute approximate surface area is 310 Å². The van der Waals surface area contributed by atoms with Crippen LogP contribution in [0.15, 0.2) is 182 Å². The summed E-state index contributed by atoms with van der Waals surface area (Å²) in [5.41, 5.74) is 12.1. The van der Waals surface area contributed by atoms with E-state index in [0.29, 0.717) is 5.95 Å². The molecule has 0 aliphatic heterocycles. The fourth-order valence-electron chi connectivity index (χ4n) is 8.91. The van der Waals surface area contributed by atoms with Gasteiger partial charge in [0.1, 0.15) is 0 Å². The van der Waals surface area contributed by atoms with Crippen molar-refractivity contribution in [1.29, 1.82) is 0 Å². The molecular weight excluding hydrogens is 657 g/mol. The van der Waals surface area contributed by atoms with Crippen molar-refractivity contribution >= 4 is 65.2 Å². The fourth-order valence-corrected chi connectivity index (χ4v) is 8.91. The van der Waals surface area contributed by atoms with E-state index in [-0.39, 0.29) is 0 Å². The van der Waals surface area contributed by atoms with E-state index >= 15 is 0 Å². The van der Waals surface area contributed by atoms with Crippen LogP contribution < -0.4 is 0 Å². The largest absolute Gasteiger partial charge is 0.309 e. The molecule has 9 aromatic carbocycles. The van der Waals surface area contributed by atoms with E-state index in [1.54, 1.807) is 0 Å². The molecule has 0 spiro atoms. The minimum Gasteiger partial charge on any atom is -0.309 e. The monoisotopic (exact) mass is 686 g/mol. The Balaban J connectivity index is 1.14. The molecule has 0 fully saturated rings. The zero-order chi connectivity index (χ0) is 35.3. The van der Waals surface area contributed by atoms with Crippen LogP contribution in [0.4, 0.5) is 0 Å².